The summed E-state index contributed by atoms with van der Waals surface area (Å²) in [5.74, 6) is 0.0201. The SMILES string of the molecule is CCCNCc1cccc(Cl)c1N(CC)CC(=O)NCC. The Hall–Kier alpha value is -1.26. The average Bonchev–Trinajstić information content (AvgIpc) is 2.46. The molecule has 4 nitrogen and oxygen atoms in total. The Morgan fingerprint density at radius 1 is 1.29 bits per heavy atom. The molecule has 118 valence electrons. The molecule has 0 bridgehead atoms. The molecule has 21 heavy (non-hydrogen) atoms. The quantitative estimate of drug-likeness (QED) is 0.689. The van der Waals surface area contributed by atoms with E-state index in [1.54, 1.807) is 0 Å². The van der Waals surface area contributed by atoms with Gasteiger partial charge in [-0.15, -0.1) is 0 Å². The third-order valence-corrected chi connectivity index (χ3v) is 3.52. The van der Waals surface area contributed by atoms with Crippen LogP contribution in [0.15, 0.2) is 18.2 Å². The summed E-state index contributed by atoms with van der Waals surface area (Å²) in [7, 11) is 0. The van der Waals surface area contributed by atoms with Crippen molar-refractivity contribution in [3.63, 3.8) is 0 Å². The number of likely N-dealkylation sites (N-methyl/N-ethyl adjacent to an activating group) is 2. The van der Waals surface area contributed by atoms with Crippen LogP contribution in [-0.2, 0) is 11.3 Å². The lowest BCUT2D eigenvalue weighted by Gasteiger charge is -2.26. The number of halogens is 1. The van der Waals surface area contributed by atoms with Crippen molar-refractivity contribution in [3.8, 4) is 0 Å². The number of anilines is 1. The Labute approximate surface area is 132 Å². The van der Waals surface area contributed by atoms with E-state index in [0.29, 0.717) is 18.1 Å². The van der Waals surface area contributed by atoms with E-state index in [0.717, 1.165) is 37.3 Å². The van der Waals surface area contributed by atoms with E-state index in [4.69, 9.17) is 11.6 Å². The van der Waals surface area contributed by atoms with Gasteiger partial charge in [0.05, 0.1) is 17.3 Å². The van der Waals surface area contributed by atoms with Crippen molar-refractivity contribution in [2.45, 2.75) is 33.7 Å². The van der Waals surface area contributed by atoms with E-state index in [2.05, 4.69) is 23.6 Å². The number of carbonyl (C=O) groups is 1. The van der Waals surface area contributed by atoms with Crippen molar-refractivity contribution in [2.75, 3.05) is 31.1 Å². The molecule has 0 unspecified atom stereocenters. The number of carbonyl (C=O) groups excluding carboxylic acids is 1. The van der Waals surface area contributed by atoms with Crippen molar-refractivity contribution in [1.82, 2.24) is 10.6 Å². The molecule has 0 saturated carbocycles. The second-order valence-corrected chi connectivity index (χ2v) is 5.30. The lowest BCUT2D eigenvalue weighted by molar-refractivity contribution is -0.119. The number of nitrogens with one attached hydrogen (secondary N) is 2. The molecule has 0 aliphatic rings. The molecule has 1 aromatic rings. The molecule has 0 radical (unpaired) electrons. The number of hydrogen-bond donors (Lipinski definition) is 2. The molecule has 0 fully saturated rings. The maximum Gasteiger partial charge on any atom is 0.239 e. The highest BCUT2D eigenvalue weighted by Gasteiger charge is 2.16. The number of amides is 1. The minimum atomic E-state index is 0.0201. The lowest BCUT2D eigenvalue weighted by Crippen LogP contribution is -2.38. The highest BCUT2D eigenvalue weighted by atomic mass is 35.5. The third kappa shape index (κ3) is 5.56. The number of nitrogens with zero attached hydrogens (tertiary/aromatic N) is 1. The van der Waals surface area contributed by atoms with Crippen LogP contribution in [0.2, 0.25) is 5.02 Å². The molecular formula is C16H26ClN3O. The summed E-state index contributed by atoms with van der Waals surface area (Å²) >= 11 is 6.38. The highest BCUT2D eigenvalue weighted by molar-refractivity contribution is 6.33. The second-order valence-electron chi connectivity index (χ2n) is 4.89. The monoisotopic (exact) mass is 311 g/mol. The van der Waals surface area contributed by atoms with E-state index in [-0.39, 0.29) is 5.91 Å². The van der Waals surface area contributed by atoms with Crippen LogP contribution in [0.3, 0.4) is 0 Å². The molecule has 0 spiro atoms. The third-order valence-electron chi connectivity index (χ3n) is 3.22. The molecule has 5 heteroatoms. The zero-order chi connectivity index (χ0) is 15.7. The predicted molar refractivity (Wildman–Crippen MR) is 90.0 cm³/mol. The zero-order valence-corrected chi connectivity index (χ0v) is 14.0. The normalized spacial score (nSPS) is 10.5. The molecule has 2 N–H and O–H groups in total. The maximum absolute atomic E-state index is 11.9. The van der Waals surface area contributed by atoms with Crippen LogP contribution >= 0.6 is 11.6 Å². The van der Waals surface area contributed by atoms with Gasteiger partial charge in [0.1, 0.15) is 0 Å². The summed E-state index contributed by atoms with van der Waals surface area (Å²) in [5.41, 5.74) is 2.08. The standard InChI is InChI=1S/C16H26ClN3O/c1-4-10-18-11-13-8-7-9-14(17)16(13)20(6-3)12-15(21)19-5-2/h7-9,18H,4-6,10-12H2,1-3H3,(H,19,21). The van der Waals surface area contributed by atoms with Gasteiger partial charge in [0.2, 0.25) is 5.91 Å². The van der Waals surface area contributed by atoms with Crippen molar-refractivity contribution < 1.29 is 4.79 Å². The van der Waals surface area contributed by atoms with Gasteiger partial charge in [0.15, 0.2) is 0 Å². The first kappa shape index (κ1) is 17.8. The Morgan fingerprint density at radius 2 is 2.05 bits per heavy atom. The maximum atomic E-state index is 11.9. The molecule has 0 aliphatic carbocycles. The van der Waals surface area contributed by atoms with Gasteiger partial charge in [0.25, 0.3) is 0 Å². The fraction of sp³-hybridized carbons (Fsp3) is 0.562. The second kappa shape index (κ2) is 9.64. The Balaban J connectivity index is 2.92. The molecule has 0 saturated heterocycles. The zero-order valence-electron chi connectivity index (χ0n) is 13.2. The molecule has 0 heterocycles. The van der Waals surface area contributed by atoms with E-state index in [1.807, 2.05) is 30.9 Å². The summed E-state index contributed by atoms with van der Waals surface area (Å²) in [4.78, 5) is 13.9. The molecule has 0 aromatic heterocycles. The van der Waals surface area contributed by atoms with Gasteiger partial charge in [0, 0.05) is 19.6 Å². The summed E-state index contributed by atoms with van der Waals surface area (Å²) in [6, 6.07) is 5.89. The average molecular weight is 312 g/mol. The fourth-order valence-electron chi connectivity index (χ4n) is 2.23. The van der Waals surface area contributed by atoms with Crippen LogP contribution in [0.25, 0.3) is 0 Å². The van der Waals surface area contributed by atoms with Crippen LogP contribution in [0, 0.1) is 0 Å². The topological polar surface area (TPSA) is 44.4 Å². The number of para-hydroxylation sites is 1. The Bertz CT molecular complexity index is 451. The minimum Gasteiger partial charge on any atom is -0.361 e. The van der Waals surface area contributed by atoms with Gasteiger partial charge in [-0.2, -0.15) is 0 Å². The molecule has 1 amide bonds. The molecule has 0 atom stereocenters. The van der Waals surface area contributed by atoms with Gasteiger partial charge in [-0.1, -0.05) is 30.7 Å². The van der Waals surface area contributed by atoms with Crippen LogP contribution < -0.4 is 15.5 Å². The molecule has 1 rings (SSSR count). The number of rotatable bonds is 9. The van der Waals surface area contributed by atoms with Crippen molar-refractivity contribution in [3.05, 3.63) is 28.8 Å². The van der Waals surface area contributed by atoms with Crippen LogP contribution in [-0.4, -0.2) is 32.1 Å². The van der Waals surface area contributed by atoms with Crippen LogP contribution in [0.1, 0.15) is 32.8 Å². The smallest absolute Gasteiger partial charge is 0.239 e. The van der Waals surface area contributed by atoms with Crippen LogP contribution in [0.4, 0.5) is 5.69 Å². The Kier molecular flexibility index (Phi) is 8.16. The first-order chi connectivity index (χ1) is 10.1. The molecule has 0 aliphatic heterocycles. The molecule has 1 aromatic carbocycles. The fourth-order valence-corrected chi connectivity index (χ4v) is 2.55. The largest absolute Gasteiger partial charge is 0.361 e. The summed E-state index contributed by atoms with van der Waals surface area (Å²) in [6.07, 6.45) is 1.09. The van der Waals surface area contributed by atoms with Gasteiger partial charge in [-0.05, 0) is 38.4 Å². The van der Waals surface area contributed by atoms with Gasteiger partial charge in [-0.3, -0.25) is 4.79 Å². The van der Waals surface area contributed by atoms with E-state index >= 15 is 0 Å². The predicted octanol–water partition coefficient (Wildman–Crippen LogP) is 2.80. The van der Waals surface area contributed by atoms with Crippen molar-refractivity contribution in [2.24, 2.45) is 0 Å². The van der Waals surface area contributed by atoms with Gasteiger partial charge >= 0.3 is 0 Å². The van der Waals surface area contributed by atoms with Crippen molar-refractivity contribution >= 4 is 23.2 Å². The van der Waals surface area contributed by atoms with E-state index in [1.165, 1.54) is 0 Å². The van der Waals surface area contributed by atoms with Gasteiger partial charge in [-0.25, -0.2) is 0 Å². The number of benzene rings is 1. The van der Waals surface area contributed by atoms with Crippen LogP contribution in [0.5, 0.6) is 0 Å². The van der Waals surface area contributed by atoms with E-state index in [9.17, 15) is 4.79 Å². The summed E-state index contributed by atoms with van der Waals surface area (Å²) in [6.45, 7) is 9.53. The van der Waals surface area contributed by atoms with Gasteiger partial charge < -0.3 is 15.5 Å². The van der Waals surface area contributed by atoms with E-state index < -0.39 is 0 Å². The first-order valence-corrected chi connectivity index (χ1v) is 8.01. The lowest BCUT2D eigenvalue weighted by atomic mass is 10.1. The summed E-state index contributed by atoms with van der Waals surface area (Å²) in [5, 5.41) is 6.91. The number of hydrogen-bond acceptors (Lipinski definition) is 3. The highest BCUT2D eigenvalue weighted by Crippen LogP contribution is 2.29. The summed E-state index contributed by atoms with van der Waals surface area (Å²) < 4.78 is 0. The first-order valence-electron chi connectivity index (χ1n) is 7.63. The molecular weight excluding hydrogens is 286 g/mol. The van der Waals surface area contributed by atoms with Crippen molar-refractivity contribution in [1.29, 1.82) is 0 Å². The minimum absolute atomic E-state index is 0.0201. The Morgan fingerprint density at radius 3 is 2.67 bits per heavy atom.